The van der Waals surface area contributed by atoms with Crippen molar-refractivity contribution in [2.45, 2.75) is 57.8 Å². The maximum absolute atomic E-state index is 15.0. The van der Waals surface area contributed by atoms with Gasteiger partial charge in [0.2, 0.25) is 5.43 Å². The molecule has 0 aliphatic carbocycles. The number of halogens is 2. The lowest BCUT2D eigenvalue weighted by Gasteiger charge is -2.35. The molecule has 152 valence electrons. The molecule has 2 aliphatic heterocycles. The summed E-state index contributed by atoms with van der Waals surface area (Å²) in [6, 6.07) is 1.70. The molecule has 0 spiro atoms. The first-order valence-corrected chi connectivity index (χ1v) is 9.11. The van der Waals surface area contributed by atoms with Crippen molar-refractivity contribution < 1.29 is 14.3 Å². The average Bonchev–Trinajstić information content (AvgIpc) is 3.15. The van der Waals surface area contributed by atoms with Crippen LogP contribution < -0.4 is 15.6 Å². The van der Waals surface area contributed by atoms with Crippen molar-refractivity contribution in [2.24, 2.45) is 0 Å². The second-order valence-electron chi connectivity index (χ2n) is 8.43. The van der Waals surface area contributed by atoms with E-state index in [0.717, 1.165) is 19.0 Å². The fourth-order valence-corrected chi connectivity index (χ4v) is 4.28. The van der Waals surface area contributed by atoms with Crippen LogP contribution in [0.15, 0.2) is 17.1 Å². The number of anilines is 1. The Labute approximate surface area is 168 Å². The number of nitrogens with one attached hydrogen (secondary N) is 1. The molecule has 2 aromatic rings. The molecule has 2 N–H and O–H groups in total. The summed E-state index contributed by atoms with van der Waals surface area (Å²) in [5.74, 6) is -1.70. The van der Waals surface area contributed by atoms with Gasteiger partial charge in [-0.05, 0) is 40.2 Å². The standard InChI is InChI=1S/C19H23FN4O3.ClH/c1-9-14-5-10(7-21-14)24(9)17-13(20)6-11-15(25)12(18(26)27)8-23(16(11)22-17)19(2,3)4;/h6,8-10,14,21H,5,7H2,1-4H3,(H,26,27);1H/t9-,10-,14-;/m1./s1. The molecular weight excluding hydrogens is 387 g/mol. The minimum atomic E-state index is -1.33. The fourth-order valence-electron chi connectivity index (χ4n) is 4.28. The highest BCUT2D eigenvalue weighted by atomic mass is 35.5. The van der Waals surface area contributed by atoms with E-state index in [1.165, 1.54) is 6.20 Å². The molecule has 3 atom stereocenters. The summed E-state index contributed by atoms with van der Waals surface area (Å²) < 4.78 is 16.6. The van der Waals surface area contributed by atoms with Crippen molar-refractivity contribution in [2.75, 3.05) is 11.4 Å². The van der Waals surface area contributed by atoms with Crippen molar-refractivity contribution in [3.05, 3.63) is 33.9 Å². The minimum Gasteiger partial charge on any atom is -0.477 e. The Morgan fingerprint density at radius 2 is 2.07 bits per heavy atom. The van der Waals surface area contributed by atoms with Crippen LogP contribution in [0.5, 0.6) is 0 Å². The van der Waals surface area contributed by atoms with Crippen molar-refractivity contribution >= 4 is 35.2 Å². The minimum absolute atomic E-state index is 0. The summed E-state index contributed by atoms with van der Waals surface area (Å²) in [6.07, 6.45) is 2.24. The Morgan fingerprint density at radius 3 is 2.61 bits per heavy atom. The van der Waals surface area contributed by atoms with Gasteiger partial charge in [0.15, 0.2) is 11.6 Å². The lowest BCUT2D eigenvalue weighted by Crippen LogP contribution is -2.50. The molecule has 2 saturated heterocycles. The molecule has 28 heavy (non-hydrogen) atoms. The van der Waals surface area contributed by atoms with Crippen LogP contribution in [0.1, 0.15) is 44.5 Å². The van der Waals surface area contributed by atoms with Crippen LogP contribution in [-0.2, 0) is 5.54 Å². The van der Waals surface area contributed by atoms with E-state index in [4.69, 9.17) is 0 Å². The highest BCUT2D eigenvalue weighted by Gasteiger charge is 2.45. The number of carbonyl (C=O) groups is 1. The maximum atomic E-state index is 15.0. The van der Waals surface area contributed by atoms with Crippen molar-refractivity contribution in [1.82, 2.24) is 14.9 Å². The number of fused-ring (bicyclic) bond motifs is 3. The maximum Gasteiger partial charge on any atom is 0.341 e. The lowest BCUT2D eigenvalue weighted by molar-refractivity contribution is 0.0694. The van der Waals surface area contributed by atoms with E-state index in [9.17, 15) is 19.1 Å². The Kier molecular flexibility index (Phi) is 4.92. The summed E-state index contributed by atoms with van der Waals surface area (Å²) in [7, 11) is 0. The molecule has 2 aliphatic rings. The van der Waals surface area contributed by atoms with Crippen LogP contribution in [0.25, 0.3) is 11.0 Å². The first-order chi connectivity index (χ1) is 12.6. The van der Waals surface area contributed by atoms with Gasteiger partial charge in [-0.3, -0.25) is 4.79 Å². The number of carboxylic acids is 1. The third-order valence-electron chi connectivity index (χ3n) is 5.67. The Bertz CT molecular complexity index is 1010. The van der Waals surface area contributed by atoms with Gasteiger partial charge >= 0.3 is 5.97 Å². The van der Waals surface area contributed by atoms with E-state index < -0.39 is 22.8 Å². The van der Waals surface area contributed by atoms with E-state index in [1.54, 1.807) is 4.57 Å². The van der Waals surface area contributed by atoms with Gasteiger partial charge in [0.1, 0.15) is 11.2 Å². The largest absolute Gasteiger partial charge is 0.477 e. The molecule has 4 heterocycles. The molecule has 0 saturated carbocycles. The number of nitrogens with zero attached hydrogens (tertiary/aromatic N) is 3. The summed E-state index contributed by atoms with van der Waals surface area (Å²) in [5.41, 5.74) is -1.33. The lowest BCUT2D eigenvalue weighted by atomic mass is 10.1. The number of aromatic carboxylic acids is 1. The average molecular weight is 411 g/mol. The van der Waals surface area contributed by atoms with Gasteiger partial charge in [-0.1, -0.05) is 0 Å². The van der Waals surface area contributed by atoms with Crippen LogP contribution in [0.3, 0.4) is 0 Å². The number of hydrogen-bond donors (Lipinski definition) is 2. The predicted molar refractivity (Wildman–Crippen MR) is 107 cm³/mol. The highest BCUT2D eigenvalue weighted by Crippen LogP contribution is 2.35. The first kappa shape index (κ1) is 20.5. The fraction of sp³-hybridized carbons (Fsp3) is 0.526. The molecule has 4 rings (SSSR count). The number of hydrogen-bond acceptors (Lipinski definition) is 5. The quantitative estimate of drug-likeness (QED) is 0.790. The van der Waals surface area contributed by atoms with Gasteiger partial charge in [-0.25, -0.2) is 14.2 Å². The number of piperazine rings is 1. The van der Waals surface area contributed by atoms with Gasteiger partial charge in [0, 0.05) is 36.4 Å². The summed E-state index contributed by atoms with van der Waals surface area (Å²) >= 11 is 0. The zero-order chi connectivity index (χ0) is 19.7. The molecular formula is C19H24ClFN4O3. The van der Waals surface area contributed by atoms with Gasteiger partial charge in [-0.15, -0.1) is 12.4 Å². The van der Waals surface area contributed by atoms with Crippen LogP contribution >= 0.6 is 12.4 Å². The van der Waals surface area contributed by atoms with Gasteiger partial charge in [-0.2, -0.15) is 0 Å². The molecule has 9 heteroatoms. The molecule has 7 nitrogen and oxygen atoms in total. The molecule has 2 aromatic heterocycles. The molecule has 0 radical (unpaired) electrons. The van der Waals surface area contributed by atoms with Crippen molar-refractivity contribution in [3.63, 3.8) is 0 Å². The summed E-state index contributed by atoms with van der Waals surface area (Å²) in [5, 5.41) is 12.8. The first-order valence-electron chi connectivity index (χ1n) is 9.11. The number of carboxylic acid groups (broad SMARTS) is 1. The van der Waals surface area contributed by atoms with Crippen LogP contribution in [0.2, 0.25) is 0 Å². The van der Waals surface area contributed by atoms with Crippen LogP contribution in [-0.4, -0.2) is 45.3 Å². The smallest absolute Gasteiger partial charge is 0.341 e. The second kappa shape index (κ2) is 6.70. The summed E-state index contributed by atoms with van der Waals surface area (Å²) in [4.78, 5) is 30.6. The van der Waals surface area contributed by atoms with Crippen LogP contribution in [0, 0.1) is 5.82 Å². The number of rotatable bonds is 2. The Hall–Kier alpha value is -2.19. The predicted octanol–water partition coefficient (Wildman–Crippen LogP) is 2.35. The molecule has 2 bridgehead atoms. The van der Waals surface area contributed by atoms with Gasteiger partial charge in [0.25, 0.3) is 0 Å². The molecule has 0 aromatic carbocycles. The van der Waals surface area contributed by atoms with Crippen molar-refractivity contribution in [3.8, 4) is 0 Å². The zero-order valence-electron chi connectivity index (χ0n) is 16.2. The number of aromatic nitrogens is 2. The van der Waals surface area contributed by atoms with E-state index >= 15 is 0 Å². The van der Waals surface area contributed by atoms with Gasteiger partial charge in [0.05, 0.1) is 5.39 Å². The zero-order valence-corrected chi connectivity index (χ0v) is 17.0. The van der Waals surface area contributed by atoms with Crippen molar-refractivity contribution in [1.29, 1.82) is 0 Å². The van der Waals surface area contributed by atoms with Gasteiger partial charge < -0.3 is 19.9 Å². The van der Waals surface area contributed by atoms with E-state index in [2.05, 4.69) is 10.3 Å². The third-order valence-corrected chi connectivity index (χ3v) is 5.67. The third kappa shape index (κ3) is 2.95. The summed E-state index contributed by atoms with van der Waals surface area (Å²) in [6.45, 7) is 8.47. The van der Waals surface area contributed by atoms with Crippen LogP contribution in [0.4, 0.5) is 10.2 Å². The normalized spacial score (nSPS) is 23.9. The number of pyridine rings is 2. The Balaban J connectivity index is 0.00000225. The molecule has 0 unspecified atom stereocenters. The van der Waals surface area contributed by atoms with E-state index in [0.29, 0.717) is 11.7 Å². The van der Waals surface area contributed by atoms with E-state index in [1.807, 2.05) is 32.6 Å². The topological polar surface area (TPSA) is 87.5 Å². The highest BCUT2D eigenvalue weighted by molar-refractivity contribution is 5.92. The second-order valence-corrected chi connectivity index (χ2v) is 8.43. The SMILES string of the molecule is C[C@@H]1[C@H]2C[C@H](CN2)N1c1nc2c(cc1F)c(=O)c(C(=O)O)cn2C(C)(C)C.Cl. The van der Waals surface area contributed by atoms with E-state index in [-0.39, 0.29) is 41.3 Å². The Morgan fingerprint density at radius 1 is 1.39 bits per heavy atom. The molecule has 2 fully saturated rings. The monoisotopic (exact) mass is 410 g/mol. The molecule has 0 amide bonds.